The largest absolute Gasteiger partial charge is 0.416 e. The Kier molecular flexibility index (Phi) is 2.79. The Bertz CT molecular complexity index is 669. The van der Waals surface area contributed by atoms with Gasteiger partial charge in [0.25, 0.3) is 5.91 Å². The van der Waals surface area contributed by atoms with Crippen molar-refractivity contribution >= 4 is 23.2 Å². The molecule has 0 unspecified atom stereocenters. The van der Waals surface area contributed by atoms with Crippen LogP contribution in [0.5, 0.6) is 0 Å². The number of nitrogens with one attached hydrogen (secondary N) is 1. The van der Waals surface area contributed by atoms with Gasteiger partial charge in [0.05, 0.1) is 11.3 Å². The molecular formula is C13H10F3N3O2. The Hall–Kier alpha value is -2.38. The van der Waals surface area contributed by atoms with E-state index in [9.17, 15) is 22.8 Å². The third-order valence-electron chi connectivity index (χ3n) is 3.57. The molecule has 0 spiro atoms. The summed E-state index contributed by atoms with van der Waals surface area (Å²) in [5, 5.41) is 3.82. The molecule has 1 fully saturated rings. The molecule has 21 heavy (non-hydrogen) atoms. The predicted octanol–water partition coefficient (Wildman–Crippen LogP) is 1.54. The van der Waals surface area contributed by atoms with Gasteiger partial charge in [-0.3, -0.25) is 15.0 Å². The average molecular weight is 297 g/mol. The number of carbonyl (C=O) groups excluding carboxylic acids is 2. The highest BCUT2D eigenvalue weighted by molar-refractivity contribution is 6.30. The number of fused-ring (bicyclic) bond motifs is 1. The summed E-state index contributed by atoms with van der Waals surface area (Å²) in [6.07, 6.45) is -4.53. The number of hydrazone groups is 1. The van der Waals surface area contributed by atoms with Crippen LogP contribution in [0.25, 0.3) is 0 Å². The van der Waals surface area contributed by atoms with E-state index < -0.39 is 35.5 Å². The molecular weight excluding hydrogens is 287 g/mol. The van der Waals surface area contributed by atoms with Gasteiger partial charge in [-0.2, -0.15) is 18.3 Å². The van der Waals surface area contributed by atoms with Crippen molar-refractivity contribution in [1.29, 1.82) is 0 Å². The lowest BCUT2D eigenvalue weighted by Gasteiger charge is -2.17. The smallest absolute Gasteiger partial charge is 0.296 e. The summed E-state index contributed by atoms with van der Waals surface area (Å²) in [6.45, 7) is 1.60. The summed E-state index contributed by atoms with van der Waals surface area (Å²) in [7, 11) is 0. The number of imide groups is 1. The van der Waals surface area contributed by atoms with Crippen molar-refractivity contribution in [3.63, 3.8) is 0 Å². The van der Waals surface area contributed by atoms with E-state index in [4.69, 9.17) is 0 Å². The lowest BCUT2D eigenvalue weighted by Crippen LogP contribution is -2.36. The molecule has 8 heteroatoms. The Morgan fingerprint density at radius 2 is 1.95 bits per heavy atom. The highest BCUT2D eigenvalue weighted by atomic mass is 19.4. The van der Waals surface area contributed by atoms with Crippen molar-refractivity contribution in [2.45, 2.75) is 19.1 Å². The summed E-state index contributed by atoms with van der Waals surface area (Å²) >= 11 is 0. The summed E-state index contributed by atoms with van der Waals surface area (Å²) in [4.78, 5) is 25.3. The maximum atomic E-state index is 12.7. The number of amides is 2. The molecule has 2 aliphatic heterocycles. The minimum absolute atomic E-state index is 0.0798. The van der Waals surface area contributed by atoms with Gasteiger partial charge in [-0.15, -0.1) is 0 Å². The number of alkyl halides is 3. The highest BCUT2D eigenvalue weighted by Crippen LogP contribution is 2.35. The summed E-state index contributed by atoms with van der Waals surface area (Å²) in [5.74, 6) is -1.90. The molecule has 0 bridgehead atoms. The van der Waals surface area contributed by atoms with Gasteiger partial charge in [0.1, 0.15) is 12.0 Å². The van der Waals surface area contributed by atoms with Gasteiger partial charge in [-0.1, -0.05) is 6.07 Å². The topological polar surface area (TPSA) is 61.8 Å². The van der Waals surface area contributed by atoms with Crippen molar-refractivity contribution in [3.05, 3.63) is 29.8 Å². The number of hydrogen-bond acceptors (Lipinski definition) is 4. The fourth-order valence-corrected chi connectivity index (χ4v) is 2.54. The van der Waals surface area contributed by atoms with Crippen molar-refractivity contribution < 1.29 is 22.8 Å². The van der Waals surface area contributed by atoms with Crippen molar-refractivity contribution in [2.24, 2.45) is 11.0 Å². The monoisotopic (exact) mass is 297 g/mol. The number of hydrogen-bond donors (Lipinski definition) is 1. The fraction of sp³-hybridized carbons (Fsp3) is 0.308. The van der Waals surface area contributed by atoms with Crippen LogP contribution in [0.3, 0.4) is 0 Å². The molecule has 0 aliphatic carbocycles. The molecule has 3 rings (SSSR count). The minimum atomic E-state index is -4.53. The number of anilines is 1. The van der Waals surface area contributed by atoms with Gasteiger partial charge in [0.15, 0.2) is 0 Å². The van der Waals surface area contributed by atoms with Gasteiger partial charge in [-0.05, 0) is 25.1 Å². The SMILES string of the molecule is CC1=NN[C@@H]2C(=O)N(c3cccc(C(F)(F)F)c3)C(=O)[C@H]12. The molecule has 1 saturated heterocycles. The molecule has 1 aromatic carbocycles. The number of benzene rings is 1. The van der Waals surface area contributed by atoms with Crippen molar-refractivity contribution in [3.8, 4) is 0 Å². The first-order valence-corrected chi connectivity index (χ1v) is 6.15. The Morgan fingerprint density at radius 1 is 1.24 bits per heavy atom. The van der Waals surface area contributed by atoms with E-state index in [1.54, 1.807) is 6.92 Å². The second-order valence-corrected chi connectivity index (χ2v) is 4.90. The van der Waals surface area contributed by atoms with Crippen LogP contribution in [-0.4, -0.2) is 23.6 Å². The summed E-state index contributed by atoms with van der Waals surface area (Å²) < 4.78 is 38.2. The van der Waals surface area contributed by atoms with Crippen LogP contribution in [0.4, 0.5) is 18.9 Å². The van der Waals surface area contributed by atoms with Crippen LogP contribution in [0.1, 0.15) is 12.5 Å². The maximum absolute atomic E-state index is 12.7. The van der Waals surface area contributed by atoms with E-state index in [1.807, 2.05) is 0 Å². The highest BCUT2D eigenvalue weighted by Gasteiger charge is 2.52. The zero-order valence-electron chi connectivity index (χ0n) is 10.8. The first kappa shape index (κ1) is 13.6. The molecule has 1 N–H and O–H groups in total. The third kappa shape index (κ3) is 1.98. The van der Waals surface area contributed by atoms with Gasteiger partial charge < -0.3 is 0 Å². The van der Waals surface area contributed by atoms with Crippen LogP contribution in [-0.2, 0) is 15.8 Å². The normalized spacial score (nSPS) is 25.0. The van der Waals surface area contributed by atoms with E-state index in [0.29, 0.717) is 5.71 Å². The number of carbonyl (C=O) groups is 2. The third-order valence-corrected chi connectivity index (χ3v) is 3.57. The van der Waals surface area contributed by atoms with E-state index >= 15 is 0 Å². The quantitative estimate of drug-likeness (QED) is 0.800. The van der Waals surface area contributed by atoms with Gasteiger partial charge in [0.2, 0.25) is 5.91 Å². The maximum Gasteiger partial charge on any atom is 0.416 e. The predicted molar refractivity (Wildman–Crippen MR) is 67.5 cm³/mol. The van der Waals surface area contributed by atoms with Crippen molar-refractivity contribution in [1.82, 2.24) is 5.43 Å². The van der Waals surface area contributed by atoms with E-state index in [1.165, 1.54) is 12.1 Å². The van der Waals surface area contributed by atoms with E-state index in [-0.39, 0.29) is 5.69 Å². The Balaban J connectivity index is 2.00. The molecule has 110 valence electrons. The van der Waals surface area contributed by atoms with Crippen LogP contribution >= 0.6 is 0 Å². The van der Waals surface area contributed by atoms with Crippen LogP contribution < -0.4 is 10.3 Å². The lowest BCUT2D eigenvalue weighted by atomic mass is 10.0. The molecule has 5 nitrogen and oxygen atoms in total. The van der Waals surface area contributed by atoms with E-state index in [2.05, 4.69) is 10.5 Å². The molecule has 2 amide bonds. The van der Waals surface area contributed by atoms with Crippen LogP contribution in [0.2, 0.25) is 0 Å². The molecule has 0 saturated carbocycles. The number of nitrogens with zero attached hydrogens (tertiary/aromatic N) is 2. The molecule has 0 radical (unpaired) electrons. The Morgan fingerprint density at radius 3 is 2.57 bits per heavy atom. The zero-order chi connectivity index (χ0) is 15.4. The van der Waals surface area contributed by atoms with E-state index in [0.717, 1.165) is 17.0 Å². The summed E-state index contributed by atoms with van der Waals surface area (Å²) in [5.41, 5.74) is 2.01. The first-order valence-electron chi connectivity index (χ1n) is 6.15. The Labute approximate surface area is 117 Å². The second kappa shape index (κ2) is 4.31. The number of halogens is 3. The fourth-order valence-electron chi connectivity index (χ4n) is 2.54. The first-order chi connectivity index (χ1) is 9.80. The lowest BCUT2D eigenvalue weighted by molar-refractivity contribution is -0.137. The van der Waals surface area contributed by atoms with Gasteiger partial charge >= 0.3 is 6.18 Å². The van der Waals surface area contributed by atoms with Crippen molar-refractivity contribution in [2.75, 3.05) is 4.90 Å². The molecule has 2 atom stereocenters. The summed E-state index contributed by atoms with van der Waals surface area (Å²) in [6, 6.07) is 3.33. The molecule has 0 aromatic heterocycles. The second-order valence-electron chi connectivity index (χ2n) is 4.90. The molecule has 2 aliphatic rings. The molecule has 2 heterocycles. The van der Waals surface area contributed by atoms with Crippen LogP contribution in [0, 0.1) is 5.92 Å². The van der Waals surface area contributed by atoms with Gasteiger partial charge in [0, 0.05) is 5.71 Å². The molecule has 1 aromatic rings. The minimum Gasteiger partial charge on any atom is -0.296 e. The van der Waals surface area contributed by atoms with Crippen LogP contribution in [0.15, 0.2) is 29.4 Å². The average Bonchev–Trinajstić information content (AvgIpc) is 2.90. The standard InChI is InChI=1S/C13H10F3N3O2/c1-6-9-10(18-17-6)12(21)19(11(9)20)8-4-2-3-7(5-8)13(14,15)16/h2-5,9-10,18H,1H3/t9-,10+/m1/s1. The van der Waals surface area contributed by atoms with Gasteiger partial charge in [-0.25, -0.2) is 4.90 Å². The number of rotatable bonds is 1. The zero-order valence-corrected chi connectivity index (χ0v) is 10.8.